The Balaban J connectivity index is 2.10. The summed E-state index contributed by atoms with van der Waals surface area (Å²) in [4.78, 5) is 0. The van der Waals surface area contributed by atoms with Gasteiger partial charge >= 0.3 is 0 Å². The van der Waals surface area contributed by atoms with E-state index in [9.17, 15) is 4.39 Å². The lowest BCUT2D eigenvalue weighted by atomic mass is 9.98. The van der Waals surface area contributed by atoms with E-state index in [1.54, 1.807) is 25.3 Å². The summed E-state index contributed by atoms with van der Waals surface area (Å²) in [5, 5.41) is 0. The van der Waals surface area contributed by atoms with Gasteiger partial charge in [0.2, 0.25) is 0 Å². The van der Waals surface area contributed by atoms with Crippen molar-refractivity contribution in [1.29, 1.82) is 0 Å². The largest absolute Gasteiger partial charge is 0.496 e. The van der Waals surface area contributed by atoms with Gasteiger partial charge in [0.15, 0.2) is 11.6 Å². The van der Waals surface area contributed by atoms with Crippen molar-refractivity contribution in [2.75, 3.05) is 14.2 Å². The van der Waals surface area contributed by atoms with Crippen LogP contribution in [0.15, 0.2) is 42.5 Å². The van der Waals surface area contributed by atoms with Gasteiger partial charge in [0.25, 0.3) is 0 Å². The van der Waals surface area contributed by atoms with Gasteiger partial charge in [-0.2, -0.15) is 0 Å². The third-order valence-corrected chi connectivity index (χ3v) is 3.42. The van der Waals surface area contributed by atoms with Crippen molar-refractivity contribution in [3.05, 3.63) is 59.4 Å². The molecule has 2 aromatic carbocycles. The zero-order valence-electron chi connectivity index (χ0n) is 12.3. The first-order valence-electron chi connectivity index (χ1n) is 6.84. The molecular weight excluding hydrogens is 269 g/mol. The van der Waals surface area contributed by atoms with E-state index in [0.29, 0.717) is 18.4 Å². The normalized spacial score (nSPS) is 12.0. The van der Waals surface area contributed by atoms with E-state index < -0.39 is 0 Å². The minimum Gasteiger partial charge on any atom is -0.496 e. The Bertz CT molecular complexity index is 601. The highest BCUT2D eigenvalue weighted by Crippen LogP contribution is 2.23. The SMILES string of the molecule is COc1ccccc1CC(N)Cc1cccc(OC)c1F. The average molecular weight is 289 g/mol. The topological polar surface area (TPSA) is 44.5 Å². The molecule has 0 bridgehead atoms. The smallest absolute Gasteiger partial charge is 0.168 e. The summed E-state index contributed by atoms with van der Waals surface area (Å²) in [5.41, 5.74) is 7.75. The number of hydrogen-bond acceptors (Lipinski definition) is 3. The van der Waals surface area contributed by atoms with E-state index >= 15 is 0 Å². The monoisotopic (exact) mass is 289 g/mol. The number of halogens is 1. The van der Waals surface area contributed by atoms with Gasteiger partial charge in [0.1, 0.15) is 5.75 Å². The van der Waals surface area contributed by atoms with E-state index in [1.807, 2.05) is 24.3 Å². The molecule has 2 aromatic rings. The van der Waals surface area contributed by atoms with Crippen LogP contribution in [0.25, 0.3) is 0 Å². The summed E-state index contributed by atoms with van der Waals surface area (Å²) in [6.45, 7) is 0. The van der Waals surface area contributed by atoms with Crippen molar-refractivity contribution in [3.63, 3.8) is 0 Å². The maximum absolute atomic E-state index is 14.1. The number of methoxy groups -OCH3 is 2. The third kappa shape index (κ3) is 3.73. The standard InChI is InChI=1S/C17H20FNO2/c1-20-15-8-4-3-6-12(15)10-14(19)11-13-7-5-9-16(21-2)17(13)18/h3-9,14H,10-11,19H2,1-2H3. The van der Waals surface area contributed by atoms with Gasteiger partial charge < -0.3 is 15.2 Å². The molecule has 0 aliphatic heterocycles. The van der Waals surface area contributed by atoms with E-state index in [0.717, 1.165) is 11.3 Å². The molecule has 112 valence electrons. The molecule has 21 heavy (non-hydrogen) atoms. The van der Waals surface area contributed by atoms with Crippen molar-refractivity contribution in [2.45, 2.75) is 18.9 Å². The molecular formula is C17H20FNO2. The van der Waals surface area contributed by atoms with Crippen molar-refractivity contribution >= 4 is 0 Å². The molecule has 0 spiro atoms. The quantitative estimate of drug-likeness (QED) is 0.889. The zero-order valence-corrected chi connectivity index (χ0v) is 12.3. The van der Waals surface area contributed by atoms with Crippen LogP contribution in [0.2, 0.25) is 0 Å². The van der Waals surface area contributed by atoms with Gasteiger partial charge in [-0.25, -0.2) is 4.39 Å². The lowest BCUT2D eigenvalue weighted by Crippen LogP contribution is -2.26. The lowest BCUT2D eigenvalue weighted by molar-refractivity contribution is 0.383. The molecule has 0 radical (unpaired) electrons. The minimum absolute atomic E-state index is 0.192. The van der Waals surface area contributed by atoms with Crippen molar-refractivity contribution in [1.82, 2.24) is 0 Å². The van der Waals surface area contributed by atoms with Crippen LogP contribution >= 0.6 is 0 Å². The van der Waals surface area contributed by atoms with Crippen LogP contribution in [-0.4, -0.2) is 20.3 Å². The lowest BCUT2D eigenvalue weighted by Gasteiger charge is -2.15. The van der Waals surface area contributed by atoms with E-state index in [1.165, 1.54) is 7.11 Å². The van der Waals surface area contributed by atoms with Gasteiger partial charge in [-0.1, -0.05) is 30.3 Å². The molecule has 0 saturated heterocycles. The molecule has 0 amide bonds. The van der Waals surface area contributed by atoms with E-state index in [4.69, 9.17) is 15.2 Å². The summed E-state index contributed by atoms with van der Waals surface area (Å²) in [6.07, 6.45) is 1.07. The highest BCUT2D eigenvalue weighted by Gasteiger charge is 2.14. The van der Waals surface area contributed by atoms with E-state index in [2.05, 4.69) is 0 Å². The average Bonchev–Trinajstić information content (AvgIpc) is 2.50. The maximum atomic E-state index is 14.1. The van der Waals surface area contributed by atoms with Crippen LogP contribution in [0.1, 0.15) is 11.1 Å². The highest BCUT2D eigenvalue weighted by molar-refractivity contribution is 5.35. The second-order valence-electron chi connectivity index (χ2n) is 4.91. The fourth-order valence-corrected chi connectivity index (χ4v) is 2.38. The number of para-hydroxylation sites is 1. The number of rotatable bonds is 6. The summed E-state index contributed by atoms with van der Waals surface area (Å²) in [6, 6.07) is 12.6. The Morgan fingerprint density at radius 2 is 1.48 bits per heavy atom. The molecule has 0 heterocycles. The molecule has 0 saturated carbocycles. The second-order valence-corrected chi connectivity index (χ2v) is 4.91. The predicted octanol–water partition coefficient (Wildman–Crippen LogP) is 2.96. The first-order chi connectivity index (χ1) is 10.2. The van der Waals surface area contributed by atoms with Crippen LogP contribution < -0.4 is 15.2 Å². The number of hydrogen-bond donors (Lipinski definition) is 1. The third-order valence-electron chi connectivity index (χ3n) is 3.42. The molecule has 3 nitrogen and oxygen atoms in total. The molecule has 0 aliphatic carbocycles. The Labute approximate surface area is 124 Å². The number of ether oxygens (including phenoxy) is 2. The molecule has 2 rings (SSSR count). The molecule has 0 aromatic heterocycles. The fourth-order valence-electron chi connectivity index (χ4n) is 2.38. The number of benzene rings is 2. The Morgan fingerprint density at radius 1 is 0.905 bits per heavy atom. The van der Waals surface area contributed by atoms with Crippen LogP contribution in [0.3, 0.4) is 0 Å². The van der Waals surface area contributed by atoms with Gasteiger partial charge in [-0.15, -0.1) is 0 Å². The van der Waals surface area contributed by atoms with Gasteiger partial charge in [-0.05, 0) is 36.1 Å². The summed E-state index contributed by atoms with van der Waals surface area (Å²) >= 11 is 0. The summed E-state index contributed by atoms with van der Waals surface area (Å²) in [5.74, 6) is 0.714. The minimum atomic E-state index is -0.338. The first kappa shape index (κ1) is 15.3. The summed E-state index contributed by atoms with van der Waals surface area (Å²) < 4.78 is 24.4. The molecule has 4 heteroatoms. The zero-order chi connectivity index (χ0) is 15.2. The van der Waals surface area contributed by atoms with Crippen LogP contribution in [-0.2, 0) is 12.8 Å². The van der Waals surface area contributed by atoms with Crippen LogP contribution in [0.4, 0.5) is 4.39 Å². The maximum Gasteiger partial charge on any atom is 0.168 e. The second kappa shape index (κ2) is 7.09. The molecule has 2 N–H and O–H groups in total. The van der Waals surface area contributed by atoms with Gasteiger partial charge in [-0.3, -0.25) is 0 Å². The molecule has 1 atom stereocenters. The fraction of sp³-hybridized carbons (Fsp3) is 0.294. The first-order valence-corrected chi connectivity index (χ1v) is 6.84. The Morgan fingerprint density at radius 3 is 2.19 bits per heavy atom. The van der Waals surface area contributed by atoms with Gasteiger partial charge in [0.05, 0.1) is 14.2 Å². The highest BCUT2D eigenvalue weighted by atomic mass is 19.1. The van der Waals surface area contributed by atoms with Gasteiger partial charge in [0, 0.05) is 6.04 Å². The predicted molar refractivity (Wildman–Crippen MR) is 81.3 cm³/mol. The van der Waals surface area contributed by atoms with E-state index in [-0.39, 0.29) is 17.6 Å². The van der Waals surface area contributed by atoms with Crippen molar-refractivity contribution in [2.24, 2.45) is 5.73 Å². The van der Waals surface area contributed by atoms with Crippen LogP contribution in [0.5, 0.6) is 11.5 Å². The summed E-state index contributed by atoms with van der Waals surface area (Å²) in [7, 11) is 3.09. The Hall–Kier alpha value is -2.07. The number of nitrogens with two attached hydrogens (primary N) is 1. The van der Waals surface area contributed by atoms with Crippen molar-refractivity contribution in [3.8, 4) is 11.5 Å². The Kier molecular flexibility index (Phi) is 5.17. The molecule has 0 aliphatic rings. The molecule has 1 unspecified atom stereocenters. The van der Waals surface area contributed by atoms with Crippen molar-refractivity contribution < 1.29 is 13.9 Å². The molecule has 0 fully saturated rings. The van der Waals surface area contributed by atoms with Crippen LogP contribution in [0, 0.1) is 5.82 Å².